The first kappa shape index (κ1) is 61.9. The number of fused-ring (bicyclic) bond motifs is 16. The van der Waals surface area contributed by atoms with Crippen LogP contribution in [0.25, 0.3) is 200 Å². The van der Waals surface area contributed by atoms with Gasteiger partial charge in [-0.3, -0.25) is 0 Å². The van der Waals surface area contributed by atoms with Gasteiger partial charge in [-0.1, -0.05) is 267 Å². The molecular formula is C99H63N9. The zero-order valence-electron chi connectivity index (χ0n) is 58.4. The van der Waals surface area contributed by atoms with Crippen molar-refractivity contribution < 1.29 is 0 Å². The molecule has 0 bridgehead atoms. The Bertz CT molecular complexity index is 6720. The number of benzene rings is 16. The summed E-state index contributed by atoms with van der Waals surface area (Å²) in [6.07, 6.45) is 0. The monoisotopic (exact) mass is 1380 g/mol. The van der Waals surface area contributed by atoms with Gasteiger partial charge in [0.2, 0.25) is 0 Å². The molecular weight excluding hydrogens is 1320 g/mol. The number of nitrogens with zero attached hydrogens (tertiary/aromatic N) is 9. The Kier molecular flexibility index (Phi) is 14.7. The highest BCUT2D eigenvalue weighted by molar-refractivity contribution is 6.30. The molecule has 108 heavy (non-hydrogen) atoms. The first-order valence-electron chi connectivity index (χ1n) is 36.5. The Hall–Kier alpha value is -14.7. The maximum atomic E-state index is 5.12. The minimum Gasteiger partial charge on any atom is -0.309 e. The molecule has 0 N–H and O–H groups in total. The standard InChI is InChI=1S/C50H32N4.C49H31N5/c1-4-14-34(15-5-1)42-32-43(35-16-6-2-7-17-35)52-50(51-42)36-25-24-33-26-27-39(31-37(33)30-36)54-45-23-13-11-21-41(45)49-47(54)29-28-46-48(49)40-20-10-12-22-44(40)53(46)38-18-8-3-9-19-38;1-4-14-33(15-5-1)47-50-48(34-16-6-2-7-17-34)52-49(51-47)35-25-24-32-26-27-38(31-36(32)30-35)54-42-23-13-11-21-40(42)46-44(54)29-28-43-45(46)39-20-10-12-22-41(39)53(43)37-18-8-3-9-19-37/h1-32H;1-31H. The number of rotatable bonds is 10. The van der Waals surface area contributed by atoms with Crippen LogP contribution < -0.4 is 0 Å². The van der Waals surface area contributed by atoms with Gasteiger partial charge in [-0.2, -0.15) is 0 Å². The second-order valence-electron chi connectivity index (χ2n) is 27.5. The van der Waals surface area contributed by atoms with Gasteiger partial charge in [0.05, 0.1) is 55.5 Å². The summed E-state index contributed by atoms with van der Waals surface area (Å²) < 4.78 is 9.62. The topological polar surface area (TPSA) is 84.2 Å². The molecule has 0 aliphatic heterocycles. The lowest BCUT2D eigenvalue weighted by molar-refractivity contribution is 1.07. The van der Waals surface area contributed by atoms with Crippen LogP contribution in [0.5, 0.6) is 0 Å². The number of para-hydroxylation sites is 6. The SMILES string of the molecule is c1ccc(-c2cc(-c3ccccc3)nc(-c3ccc4ccc(-n5c6ccccc6c6c7c8ccccc8n(-c8ccccc8)c7ccc65)cc4c3)n2)cc1.c1ccc(-c2nc(-c3ccccc3)nc(-c3ccc4ccc(-n5c6ccccc6c6c7c8ccccc8n(-c8ccccc8)c7ccc65)cc4c3)n2)cc1. The zero-order valence-corrected chi connectivity index (χ0v) is 58.4. The molecule has 9 heteroatoms. The molecule has 0 atom stereocenters. The van der Waals surface area contributed by atoms with E-state index in [1.807, 2.05) is 72.8 Å². The van der Waals surface area contributed by atoms with E-state index < -0.39 is 0 Å². The molecule has 6 heterocycles. The van der Waals surface area contributed by atoms with Crippen molar-refractivity contribution in [3.05, 3.63) is 382 Å². The van der Waals surface area contributed by atoms with E-state index in [1.165, 1.54) is 92.6 Å². The van der Waals surface area contributed by atoms with Crippen LogP contribution in [-0.4, -0.2) is 43.2 Å². The summed E-state index contributed by atoms with van der Waals surface area (Å²) in [6.45, 7) is 0. The van der Waals surface area contributed by atoms with Crippen LogP contribution in [-0.2, 0) is 0 Å². The van der Waals surface area contributed by atoms with E-state index in [4.69, 9.17) is 24.9 Å². The summed E-state index contributed by atoms with van der Waals surface area (Å²) >= 11 is 0. The van der Waals surface area contributed by atoms with Gasteiger partial charge in [-0.25, -0.2) is 24.9 Å². The summed E-state index contributed by atoms with van der Waals surface area (Å²) in [5, 5.41) is 14.6. The van der Waals surface area contributed by atoms with Crippen molar-refractivity contribution in [3.63, 3.8) is 0 Å². The maximum Gasteiger partial charge on any atom is 0.164 e. The minimum atomic E-state index is 0.643. The summed E-state index contributed by atoms with van der Waals surface area (Å²) in [7, 11) is 0. The predicted octanol–water partition coefficient (Wildman–Crippen LogP) is 25.0. The second kappa shape index (κ2) is 25.6. The molecule has 0 radical (unpaired) electrons. The molecule has 22 aromatic rings. The molecule has 0 saturated carbocycles. The highest BCUT2D eigenvalue weighted by Crippen LogP contribution is 2.46. The maximum absolute atomic E-state index is 5.12. The Morgan fingerprint density at radius 2 is 0.426 bits per heavy atom. The fraction of sp³-hybridized carbons (Fsp3) is 0. The smallest absolute Gasteiger partial charge is 0.164 e. The second-order valence-corrected chi connectivity index (χ2v) is 27.5. The molecule has 0 saturated heterocycles. The van der Waals surface area contributed by atoms with Gasteiger partial charge >= 0.3 is 0 Å². The van der Waals surface area contributed by atoms with E-state index in [0.717, 1.165) is 83.7 Å². The predicted molar refractivity (Wildman–Crippen MR) is 447 cm³/mol. The van der Waals surface area contributed by atoms with Crippen molar-refractivity contribution in [2.75, 3.05) is 0 Å². The molecule has 0 aliphatic rings. The van der Waals surface area contributed by atoms with E-state index in [1.54, 1.807) is 0 Å². The van der Waals surface area contributed by atoms with Gasteiger partial charge in [0.25, 0.3) is 0 Å². The average molecular weight is 1380 g/mol. The average Bonchev–Trinajstić information content (AvgIpc) is 1.55. The molecule has 0 aliphatic carbocycles. The van der Waals surface area contributed by atoms with Crippen LogP contribution in [0.3, 0.4) is 0 Å². The lowest BCUT2D eigenvalue weighted by Crippen LogP contribution is -2.00. The van der Waals surface area contributed by atoms with Crippen molar-refractivity contribution in [2.45, 2.75) is 0 Å². The van der Waals surface area contributed by atoms with Gasteiger partial charge < -0.3 is 18.3 Å². The number of hydrogen-bond donors (Lipinski definition) is 0. The summed E-state index contributed by atoms with van der Waals surface area (Å²) in [5.41, 5.74) is 21.8. The highest BCUT2D eigenvalue weighted by atomic mass is 15.0. The third-order valence-electron chi connectivity index (χ3n) is 21.2. The van der Waals surface area contributed by atoms with Crippen molar-refractivity contribution in [1.29, 1.82) is 0 Å². The number of aromatic nitrogens is 9. The van der Waals surface area contributed by atoms with Crippen LogP contribution in [0.4, 0.5) is 0 Å². The van der Waals surface area contributed by atoms with Crippen LogP contribution >= 0.6 is 0 Å². The summed E-state index contributed by atoms with van der Waals surface area (Å²) in [5.74, 6) is 2.65. The van der Waals surface area contributed by atoms with Crippen molar-refractivity contribution >= 4 is 109 Å². The molecule has 16 aromatic carbocycles. The lowest BCUT2D eigenvalue weighted by atomic mass is 10.0. The van der Waals surface area contributed by atoms with E-state index in [0.29, 0.717) is 23.3 Å². The van der Waals surface area contributed by atoms with Crippen molar-refractivity contribution in [3.8, 4) is 90.8 Å². The largest absolute Gasteiger partial charge is 0.309 e. The molecule has 6 aromatic heterocycles. The van der Waals surface area contributed by atoms with Crippen LogP contribution in [0.1, 0.15) is 0 Å². The van der Waals surface area contributed by atoms with Gasteiger partial charge in [-0.05, 0) is 137 Å². The fourth-order valence-corrected chi connectivity index (χ4v) is 16.4. The van der Waals surface area contributed by atoms with Crippen molar-refractivity contribution in [2.24, 2.45) is 0 Å². The van der Waals surface area contributed by atoms with Crippen molar-refractivity contribution in [1.82, 2.24) is 43.2 Å². The first-order chi connectivity index (χ1) is 53.6. The summed E-state index contributed by atoms with van der Waals surface area (Å²) in [4.78, 5) is 25.2. The molecule has 9 nitrogen and oxygen atoms in total. The Morgan fingerprint density at radius 1 is 0.157 bits per heavy atom. The summed E-state index contributed by atoms with van der Waals surface area (Å²) in [6, 6.07) is 135. The van der Waals surface area contributed by atoms with Crippen LogP contribution in [0, 0.1) is 0 Å². The minimum absolute atomic E-state index is 0.643. The van der Waals surface area contributed by atoms with E-state index in [-0.39, 0.29) is 0 Å². The molecule has 0 fully saturated rings. The zero-order chi connectivity index (χ0) is 71.2. The van der Waals surface area contributed by atoms with Gasteiger partial charge in [0.1, 0.15) is 0 Å². The molecule has 0 amide bonds. The first-order valence-corrected chi connectivity index (χ1v) is 36.5. The third kappa shape index (κ3) is 10.4. The van der Waals surface area contributed by atoms with Gasteiger partial charge in [0.15, 0.2) is 23.3 Å². The normalized spacial score (nSPS) is 11.7. The lowest BCUT2D eigenvalue weighted by Gasteiger charge is -2.12. The fourth-order valence-electron chi connectivity index (χ4n) is 16.4. The van der Waals surface area contributed by atoms with Crippen LogP contribution in [0.15, 0.2) is 382 Å². The number of hydrogen-bond acceptors (Lipinski definition) is 5. The van der Waals surface area contributed by atoms with Crippen LogP contribution in [0.2, 0.25) is 0 Å². The van der Waals surface area contributed by atoms with E-state index in [2.05, 4.69) is 328 Å². The Morgan fingerprint density at radius 3 is 0.769 bits per heavy atom. The molecule has 0 spiro atoms. The quantitative estimate of drug-likeness (QED) is 0.136. The van der Waals surface area contributed by atoms with Gasteiger partial charge in [0, 0.05) is 99.2 Å². The van der Waals surface area contributed by atoms with E-state index in [9.17, 15) is 0 Å². The molecule has 0 unspecified atom stereocenters. The Labute approximate surface area is 621 Å². The van der Waals surface area contributed by atoms with Gasteiger partial charge in [-0.15, -0.1) is 0 Å². The highest BCUT2D eigenvalue weighted by Gasteiger charge is 2.24. The molecule has 22 rings (SSSR count). The third-order valence-corrected chi connectivity index (χ3v) is 21.2. The molecule has 504 valence electrons. The Balaban J connectivity index is 0.000000138. The van der Waals surface area contributed by atoms with E-state index >= 15 is 0 Å².